The fraction of sp³-hybridized carbons (Fsp3) is 0.143. The minimum atomic E-state index is 0.548. The monoisotopic (exact) mass is 384 g/mol. The quantitative estimate of drug-likeness (QED) is 0.643. The van der Waals surface area contributed by atoms with Crippen LogP contribution in [0, 0.1) is 6.92 Å². The average Bonchev–Trinajstić information content (AvgIpc) is 2.64. The fourth-order valence-corrected chi connectivity index (χ4v) is 3.00. The standard InChI is InChI=1S/C21H20Cl2N3/c1-15-6-9-25-20(12-15)21-14-17(7-10-26(21)11-8-24)3-2-16-4-5-18(22)19(23)13-16/h2-7,9-10,12-14H,8,11,24H2,1H3/q+1/b3-2+. The van der Waals surface area contributed by atoms with Crippen LogP contribution in [0.25, 0.3) is 23.5 Å². The van der Waals surface area contributed by atoms with E-state index >= 15 is 0 Å². The van der Waals surface area contributed by atoms with Gasteiger partial charge >= 0.3 is 0 Å². The number of nitrogens with two attached hydrogens (primary N) is 1. The average molecular weight is 385 g/mol. The minimum absolute atomic E-state index is 0.548. The summed E-state index contributed by atoms with van der Waals surface area (Å²) in [6.45, 7) is 3.37. The largest absolute Gasteiger partial charge is 0.325 e. The summed E-state index contributed by atoms with van der Waals surface area (Å²) < 4.78 is 2.12. The second kappa shape index (κ2) is 8.45. The highest BCUT2D eigenvalue weighted by atomic mass is 35.5. The van der Waals surface area contributed by atoms with Gasteiger partial charge in [0, 0.05) is 18.3 Å². The Morgan fingerprint density at radius 2 is 1.77 bits per heavy atom. The highest BCUT2D eigenvalue weighted by Gasteiger charge is 2.14. The first kappa shape index (κ1) is 18.6. The summed E-state index contributed by atoms with van der Waals surface area (Å²) in [5.74, 6) is 0. The van der Waals surface area contributed by atoms with Crippen molar-refractivity contribution in [2.45, 2.75) is 13.5 Å². The second-order valence-corrected chi connectivity index (χ2v) is 6.87. The van der Waals surface area contributed by atoms with Crippen LogP contribution in [-0.4, -0.2) is 11.5 Å². The number of rotatable bonds is 5. The van der Waals surface area contributed by atoms with E-state index in [1.807, 2.05) is 42.7 Å². The van der Waals surface area contributed by atoms with E-state index in [1.54, 1.807) is 6.07 Å². The third-order valence-electron chi connectivity index (χ3n) is 4.02. The van der Waals surface area contributed by atoms with Gasteiger partial charge in [-0.25, -0.2) is 4.98 Å². The van der Waals surface area contributed by atoms with Crippen molar-refractivity contribution >= 4 is 35.4 Å². The van der Waals surface area contributed by atoms with Gasteiger partial charge in [-0.15, -0.1) is 0 Å². The maximum absolute atomic E-state index is 6.08. The van der Waals surface area contributed by atoms with Crippen molar-refractivity contribution in [3.63, 3.8) is 0 Å². The SMILES string of the molecule is Cc1ccnc(-c2cc(/C=C/c3ccc(Cl)c(Cl)c3)cc[n+]2CCN)c1. The molecule has 2 heterocycles. The summed E-state index contributed by atoms with van der Waals surface area (Å²) in [6, 6.07) is 13.8. The van der Waals surface area contributed by atoms with E-state index in [1.165, 1.54) is 5.56 Å². The summed E-state index contributed by atoms with van der Waals surface area (Å²) >= 11 is 12.1. The zero-order valence-corrected chi connectivity index (χ0v) is 16.0. The Labute approximate surface area is 163 Å². The van der Waals surface area contributed by atoms with Gasteiger partial charge < -0.3 is 5.73 Å². The Morgan fingerprint density at radius 3 is 2.46 bits per heavy atom. The summed E-state index contributed by atoms with van der Waals surface area (Å²) in [5, 5.41) is 1.10. The van der Waals surface area contributed by atoms with Crippen LogP contribution in [0.5, 0.6) is 0 Å². The molecule has 0 saturated heterocycles. The predicted octanol–water partition coefficient (Wildman–Crippen LogP) is 4.78. The lowest BCUT2D eigenvalue weighted by Crippen LogP contribution is -2.39. The van der Waals surface area contributed by atoms with Crippen molar-refractivity contribution in [3.8, 4) is 11.4 Å². The zero-order valence-electron chi connectivity index (χ0n) is 14.5. The van der Waals surface area contributed by atoms with Crippen LogP contribution in [0.1, 0.15) is 16.7 Å². The Balaban J connectivity index is 1.97. The topological polar surface area (TPSA) is 42.8 Å². The summed E-state index contributed by atoms with van der Waals surface area (Å²) in [4.78, 5) is 4.52. The van der Waals surface area contributed by atoms with Crippen LogP contribution in [0.15, 0.2) is 54.9 Å². The van der Waals surface area contributed by atoms with Crippen LogP contribution >= 0.6 is 23.2 Å². The van der Waals surface area contributed by atoms with E-state index in [0.717, 1.165) is 29.1 Å². The first-order valence-corrected chi connectivity index (χ1v) is 9.12. The number of nitrogens with zero attached hydrogens (tertiary/aromatic N) is 2. The number of benzene rings is 1. The summed E-state index contributed by atoms with van der Waals surface area (Å²) in [5.41, 5.74) is 11.0. The number of hydrogen-bond donors (Lipinski definition) is 1. The van der Waals surface area contributed by atoms with E-state index < -0.39 is 0 Å². The van der Waals surface area contributed by atoms with Gasteiger partial charge in [0.15, 0.2) is 12.7 Å². The first-order valence-electron chi connectivity index (χ1n) is 8.36. The molecule has 0 radical (unpaired) electrons. The third kappa shape index (κ3) is 4.50. The maximum atomic E-state index is 6.08. The van der Waals surface area contributed by atoms with Crippen LogP contribution in [0.3, 0.4) is 0 Å². The van der Waals surface area contributed by atoms with Crippen molar-refractivity contribution in [2.75, 3.05) is 6.54 Å². The summed E-state index contributed by atoms with van der Waals surface area (Å²) in [7, 11) is 0. The molecule has 26 heavy (non-hydrogen) atoms. The normalized spacial score (nSPS) is 11.2. The number of aryl methyl sites for hydroxylation is 1. The smallest absolute Gasteiger partial charge is 0.231 e. The third-order valence-corrected chi connectivity index (χ3v) is 4.76. The molecule has 0 bridgehead atoms. The number of hydrogen-bond acceptors (Lipinski definition) is 2. The molecular weight excluding hydrogens is 365 g/mol. The fourth-order valence-electron chi connectivity index (χ4n) is 2.69. The Bertz CT molecular complexity index is 952. The van der Waals surface area contributed by atoms with Gasteiger partial charge in [0.1, 0.15) is 5.69 Å². The van der Waals surface area contributed by atoms with Crippen LogP contribution in [-0.2, 0) is 6.54 Å². The molecule has 3 nitrogen and oxygen atoms in total. The van der Waals surface area contributed by atoms with Gasteiger partial charge in [0.05, 0.1) is 16.6 Å². The molecule has 0 aliphatic carbocycles. The minimum Gasteiger partial charge on any atom is -0.325 e. The first-order chi connectivity index (χ1) is 12.6. The van der Waals surface area contributed by atoms with Crippen molar-refractivity contribution < 1.29 is 4.57 Å². The van der Waals surface area contributed by atoms with Crippen LogP contribution < -0.4 is 10.3 Å². The molecule has 0 fully saturated rings. The number of pyridine rings is 2. The molecule has 0 aliphatic rings. The van der Waals surface area contributed by atoms with E-state index in [2.05, 4.69) is 34.7 Å². The van der Waals surface area contributed by atoms with Gasteiger partial charge in [-0.3, -0.25) is 0 Å². The molecule has 0 saturated carbocycles. The molecule has 0 unspecified atom stereocenters. The second-order valence-electron chi connectivity index (χ2n) is 6.05. The molecule has 2 N–H and O–H groups in total. The molecular formula is C21H20Cl2N3+. The molecule has 1 aromatic carbocycles. The lowest BCUT2D eigenvalue weighted by Gasteiger charge is -2.05. The van der Waals surface area contributed by atoms with Gasteiger partial charge in [0.2, 0.25) is 5.69 Å². The van der Waals surface area contributed by atoms with Crippen LogP contribution in [0.2, 0.25) is 10.0 Å². The number of aromatic nitrogens is 2. The van der Waals surface area contributed by atoms with Crippen molar-refractivity contribution in [2.24, 2.45) is 5.73 Å². The predicted molar refractivity (Wildman–Crippen MR) is 109 cm³/mol. The Hall–Kier alpha value is -2.20. The van der Waals surface area contributed by atoms with Crippen molar-refractivity contribution in [1.82, 2.24) is 4.98 Å². The maximum Gasteiger partial charge on any atom is 0.231 e. The lowest BCUT2D eigenvalue weighted by atomic mass is 10.1. The molecule has 5 heteroatoms. The molecule has 0 amide bonds. The van der Waals surface area contributed by atoms with E-state index in [0.29, 0.717) is 16.6 Å². The molecule has 3 rings (SSSR count). The Morgan fingerprint density at radius 1 is 1.00 bits per heavy atom. The van der Waals surface area contributed by atoms with Crippen molar-refractivity contribution in [1.29, 1.82) is 0 Å². The molecule has 0 spiro atoms. The highest BCUT2D eigenvalue weighted by Crippen LogP contribution is 2.24. The number of halogens is 2. The molecule has 0 atom stereocenters. The highest BCUT2D eigenvalue weighted by molar-refractivity contribution is 6.42. The van der Waals surface area contributed by atoms with Gasteiger partial charge in [-0.1, -0.05) is 41.4 Å². The van der Waals surface area contributed by atoms with E-state index in [-0.39, 0.29) is 0 Å². The van der Waals surface area contributed by atoms with E-state index in [9.17, 15) is 0 Å². The van der Waals surface area contributed by atoms with Gasteiger partial charge in [0.25, 0.3) is 0 Å². The van der Waals surface area contributed by atoms with Gasteiger partial charge in [-0.2, -0.15) is 4.57 Å². The zero-order chi connectivity index (χ0) is 18.5. The molecule has 0 aliphatic heterocycles. The molecule has 2 aromatic heterocycles. The molecule has 132 valence electrons. The van der Waals surface area contributed by atoms with Crippen molar-refractivity contribution in [3.05, 3.63) is 81.6 Å². The van der Waals surface area contributed by atoms with Gasteiger partial charge in [-0.05, 0) is 47.9 Å². The molecule has 3 aromatic rings. The Kier molecular flexibility index (Phi) is 6.04. The van der Waals surface area contributed by atoms with E-state index in [4.69, 9.17) is 28.9 Å². The van der Waals surface area contributed by atoms with Crippen LogP contribution in [0.4, 0.5) is 0 Å². The lowest BCUT2D eigenvalue weighted by molar-refractivity contribution is -0.683. The summed E-state index contributed by atoms with van der Waals surface area (Å²) in [6.07, 6.45) is 7.93.